The molecule has 5 heteroatoms. The summed E-state index contributed by atoms with van der Waals surface area (Å²) in [4.78, 5) is 26.0. The van der Waals surface area contributed by atoms with Crippen molar-refractivity contribution < 1.29 is 14.3 Å². The van der Waals surface area contributed by atoms with Crippen LogP contribution < -0.4 is 0 Å². The number of hydrogen-bond donors (Lipinski definition) is 0. The van der Waals surface area contributed by atoms with Gasteiger partial charge in [-0.05, 0) is 6.92 Å². The predicted molar refractivity (Wildman–Crippen MR) is 43.2 cm³/mol. The Morgan fingerprint density at radius 1 is 1.58 bits per heavy atom. The first-order valence-corrected chi connectivity index (χ1v) is 4.02. The van der Waals surface area contributed by atoms with Crippen LogP contribution in [0.25, 0.3) is 0 Å². The number of aromatic nitrogens is 1. The van der Waals surface area contributed by atoms with Crippen LogP contribution in [0.1, 0.15) is 14.7 Å². The fraction of sp³-hybridized carbons (Fsp3) is 0.286. The number of methoxy groups -OCH3 is 1. The number of esters is 1. The molecule has 0 N–H and O–H groups in total. The summed E-state index contributed by atoms with van der Waals surface area (Å²) < 4.78 is 4.27. The minimum Gasteiger partial charge on any atom is -0.463 e. The van der Waals surface area contributed by atoms with Gasteiger partial charge < -0.3 is 4.74 Å². The summed E-state index contributed by atoms with van der Waals surface area (Å²) in [6.45, 7) is 1.76. The van der Waals surface area contributed by atoms with E-state index in [2.05, 4.69) is 9.72 Å². The van der Waals surface area contributed by atoms with Gasteiger partial charge in [0, 0.05) is 6.20 Å². The van der Waals surface area contributed by atoms with E-state index in [0.717, 1.165) is 5.01 Å². The van der Waals surface area contributed by atoms with E-state index in [-0.39, 0.29) is 0 Å². The largest absolute Gasteiger partial charge is 0.463 e. The van der Waals surface area contributed by atoms with Gasteiger partial charge in [-0.15, -0.1) is 11.3 Å². The Hall–Kier alpha value is -1.23. The third-order valence-electron chi connectivity index (χ3n) is 1.22. The number of hydrogen-bond acceptors (Lipinski definition) is 5. The maximum Gasteiger partial charge on any atom is 0.380 e. The molecule has 0 radical (unpaired) electrons. The highest BCUT2D eigenvalue weighted by molar-refractivity contribution is 7.14. The number of carbonyl (C=O) groups is 2. The quantitative estimate of drug-likeness (QED) is 0.388. The molecule has 0 bridgehead atoms. The molecule has 0 saturated carbocycles. The highest BCUT2D eigenvalue weighted by Gasteiger charge is 2.18. The third kappa shape index (κ3) is 1.68. The Bertz CT molecular complexity index is 318. The van der Waals surface area contributed by atoms with Gasteiger partial charge in [-0.3, -0.25) is 4.79 Å². The van der Waals surface area contributed by atoms with Crippen LogP contribution in [-0.2, 0) is 9.53 Å². The van der Waals surface area contributed by atoms with Gasteiger partial charge >= 0.3 is 5.97 Å². The minimum absolute atomic E-state index is 0.319. The van der Waals surface area contributed by atoms with Gasteiger partial charge in [0.1, 0.15) is 4.88 Å². The maximum absolute atomic E-state index is 11.1. The molecule has 0 aliphatic heterocycles. The summed E-state index contributed by atoms with van der Waals surface area (Å²) in [5.74, 6) is -1.48. The highest BCUT2D eigenvalue weighted by atomic mass is 32.1. The molecule has 0 aromatic carbocycles. The van der Waals surface area contributed by atoms with E-state index in [9.17, 15) is 9.59 Å². The summed E-state index contributed by atoms with van der Waals surface area (Å²) in [6.07, 6.45) is 1.37. The summed E-state index contributed by atoms with van der Waals surface area (Å²) in [7, 11) is 1.17. The third-order valence-corrected chi connectivity index (χ3v) is 2.13. The predicted octanol–water partition coefficient (Wildman–Crippen LogP) is 0.807. The molecule has 1 rings (SSSR count). The fourth-order valence-electron chi connectivity index (χ4n) is 0.660. The van der Waals surface area contributed by atoms with Crippen LogP contribution in [0.3, 0.4) is 0 Å². The van der Waals surface area contributed by atoms with Gasteiger partial charge in [-0.1, -0.05) is 0 Å². The van der Waals surface area contributed by atoms with Crippen molar-refractivity contribution in [2.75, 3.05) is 7.11 Å². The highest BCUT2D eigenvalue weighted by Crippen LogP contribution is 2.12. The van der Waals surface area contributed by atoms with E-state index in [1.165, 1.54) is 24.6 Å². The number of thiazole rings is 1. The summed E-state index contributed by atoms with van der Waals surface area (Å²) >= 11 is 1.18. The second-order valence-electron chi connectivity index (χ2n) is 2.06. The lowest BCUT2D eigenvalue weighted by molar-refractivity contribution is -0.135. The molecule has 4 nitrogen and oxygen atoms in total. The molecule has 0 amide bonds. The zero-order chi connectivity index (χ0) is 9.14. The average Bonchev–Trinajstić information content (AvgIpc) is 2.49. The molecule has 0 atom stereocenters. The Kier molecular flexibility index (Phi) is 2.54. The van der Waals surface area contributed by atoms with Crippen LogP contribution in [0.4, 0.5) is 0 Å². The zero-order valence-electron chi connectivity index (χ0n) is 6.66. The average molecular weight is 185 g/mol. The van der Waals surface area contributed by atoms with Gasteiger partial charge in [0.05, 0.1) is 12.1 Å². The van der Waals surface area contributed by atoms with E-state index < -0.39 is 11.8 Å². The number of ether oxygens (including phenoxy) is 1. The van der Waals surface area contributed by atoms with Crippen LogP contribution >= 0.6 is 11.3 Å². The molecule has 1 aromatic rings. The van der Waals surface area contributed by atoms with Crippen LogP contribution in [0.5, 0.6) is 0 Å². The normalized spacial score (nSPS) is 9.50. The van der Waals surface area contributed by atoms with E-state index in [0.29, 0.717) is 4.88 Å². The van der Waals surface area contributed by atoms with Crippen molar-refractivity contribution in [2.45, 2.75) is 6.92 Å². The van der Waals surface area contributed by atoms with E-state index in [1.54, 1.807) is 6.92 Å². The first-order chi connectivity index (χ1) is 5.65. The number of aryl methyl sites for hydroxylation is 1. The molecule has 0 aliphatic rings. The SMILES string of the molecule is COC(=O)C(=O)c1cnc(C)s1. The lowest BCUT2D eigenvalue weighted by Crippen LogP contribution is -2.14. The number of carbonyl (C=O) groups excluding carboxylic acids is 2. The van der Waals surface area contributed by atoms with Crippen LogP contribution in [0, 0.1) is 6.92 Å². The van der Waals surface area contributed by atoms with E-state index in [4.69, 9.17) is 0 Å². The van der Waals surface area contributed by atoms with Crippen molar-refractivity contribution >= 4 is 23.1 Å². The summed E-state index contributed by atoms with van der Waals surface area (Å²) in [5.41, 5.74) is 0. The Labute approximate surface area is 73.2 Å². The second-order valence-corrected chi connectivity index (χ2v) is 3.30. The van der Waals surface area contributed by atoms with Crippen molar-refractivity contribution in [3.8, 4) is 0 Å². The van der Waals surface area contributed by atoms with Crippen LogP contribution in [0.2, 0.25) is 0 Å². The van der Waals surface area contributed by atoms with Gasteiger partial charge in [0.25, 0.3) is 5.78 Å². The van der Waals surface area contributed by atoms with Crippen LogP contribution in [-0.4, -0.2) is 23.8 Å². The molecule has 1 aromatic heterocycles. The fourth-order valence-corrected chi connectivity index (χ4v) is 1.36. The molecule has 1 heterocycles. The molecule has 12 heavy (non-hydrogen) atoms. The van der Waals surface area contributed by atoms with Gasteiger partial charge in [0.15, 0.2) is 0 Å². The lowest BCUT2D eigenvalue weighted by atomic mass is 10.3. The molecule has 0 unspecified atom stereocenters. The summed E-state index contributed by atoms with van der Waals surface area (Å²) in [6, 6.07) is 0. The molecule has 64 valence electrons. The molecule has 0 spiro atoms. The number of Topliss-reactive ketones (excluding diaryl/α,β-unsaturated/α-hetero) is 1. The smallest absolute Gasteiger partial charge is 0.380 e. The Morgan fingerprint density at radius 3 is 2.67 bits per heavy atom. The molecule has 0 aliphatic carbocycles. The van der Waals surface area contributed by atoms with Crippen molar-refractivity contribution in [1.29, 1.82) is 0 Å². The van der Waals surface area contributed by atoms with Crippen molar-refractivity contribution in [3.63, 3.8) is 0 Å². The van der Waals surface area contributed by atoms with E-state index in [1.807, 2.05) is 0 Å². The first kappa shape index (κ1) is 8.86. The van der Waals surface area contributed by atoms with Crippen molar-refractivity contribution in [1.82, 2.24) is 4.98 Å². The van der Waals surface area contributed by atoms with Gasteiger partial charge in [-0.2, -0.15) is 0 Å². The molecular weight excluding hydrogens is 178 g/mol. The van der Waals surface area contributed by atoms with Crippen molar-refractivity contribution in [2.24, 2.45) is 0 Å². The molecule has 0 fully saturated rings. The van der Waals surface area contributed by atoms with Crippen molar-refractivity contribution in [3.05, 3.63) is 16.1 Å². The number of rotatable bonds is 2. The lowest BCUT2D eigenvalue weighted by Gasteiger charge is -1.92. The zero-order valence-corrected chi connectivity index (χ0v) is 7.47. The second kappa shape index (κ2) is 3.44. The summed E-state index contributed by atoms with van der Waals surface area (Å²) in [5, 5.41) is 0.752. The Balaban J connectivity index is 2.85. The molecule has 0 saturated heterocycles. The van der Waals surface area contributed by atoms with Gasteiger partial charge in [0.2, 0.25) is 0 Å². The van der Waals surface area contributed by atoms with E-state index >= 15 is 0 Å². The standard InChI is InChI=1S/C7H7NO3S/c1-4-8-3-5(12-4)6(9)7(10)11-2/h3H,1-2H3. The topological polar surface area (TPSA) is 56.3 Å². The first-order valence-electron chi connectivity index (χ1n) is 3.20. The monoisotopic (exact) mass is 185 g/mol. The number of nitrogens with zero attached hydrogens (tertiary/aromatic N) is 1. The van der Waals surface area contributed by atoms with Gasteiger partial charge in [-0.25, -0.2) is 9.78 Å². The molecular formula is C7H7NO3S. The minimum atomic E-state index is -0.848. The Morgan fingerprint density at radius 2 is 2.25 bits per heavy atom. The maximum atomic E-state index is 11.1. The van der Waals surface area contributed by atoms with Crippen LogP contribution in [0.15, 0.2) is 6.20 Å². The number of ketones is 1.